The number of hydrogen-bond acceptors (Lipinski definition) is 3. The molecular formula is C24H25BrN2OS. The van der Waals surface area contributed by atoms with Crippen molar-refractivity contribution in [2.45, 2.75) is 32.7 Å². The van der Waals surface area contributed by atoms with E-state index in [0.29, 0.717) is 6.54 Å². The average Bonchev–Trinajstić information content (AvgIpc) is 3.05. The van der Waals surface area contributed by atoms with Crippen LogP contribution in [0.5, 0.6) is 0 Å². The number of nitrogens with one attached hydrogen (secondary N) is 1. The van der Waals surface area contributed by atoms with Crippen molar-refractivity contribution in [3.63, 3.8) is 0 Å². The summed E-state index contributed by atoms with van der Waals surface area (Å²) in [6.07, 6.45) is 2.08. The van der Waals surface area contributed by atoms with E-state index in [1.807, 2.05) is 35.6 Å². The van der Waals surface area contributed by atoms with E-state index >= 15 is 0 Å². The van der Waals surface area contributed by atoms with Crippen molar-refractivity contribution >= 4 is 38.9 Å². The van der Waals surface area contributed by atoms with Gasteiger partial charge in [0.2, 0.25) is 5.91 Å². The Morgan fingerprint density at radius 1 is 1.17 bits per heavy atom. The van der Waals surface area contributed by atoms with E-state index < -0.39 is 0 Å². The first kappa shape index (κ1) is 20.3. The first-order chi connectivity index (χ1) is 14.1. The first-order valence-corrected chi connectivity index (χ1v) is 11.6. The minimum Gasteiger partial charge on any atom is -0.325 e. The number of hydrogen-bond donors (Lipinski definition) is 1. The van der Waals surface area contributed by atoms with Gasteiger partial charge in [0.05, 0.1) is 12.6 Å². The molecule has 0 bridgehead atoms. The number of amides is 1. The standard InChI is InChI=1S/C24H25BrN2OS/c1-3-20-16(2)29-24-21(20)13-14-27(23(24)17-7-5-4-6-8-17)15-22(28)26-19-11-9-18(25)10-12-19/h4-12,23H,3,13-15H2,1-2H3,(H,26,28)/t23-/m1/s1. The van der Waals surface area contributed by atoms with Gasteiger partial charge >= 0.3 is 0 Å². The van der Waals surface area contributed by atoms with Crippen LogP contribution in [0.3, 0.4) is 0 Å². The number of fused-ring (bicyclic) bond motifs is 1. The zero-order chi connectivity index (χ0) is 20.4. The number of benzene rings is 2. The van der Waals surface area contributed by atoms with E-state index in [1.54, 1.807) is 0 Å². The van der Waals surface area contributed by atoms with Gasteiger partial charge in [-0.1, -0.05) is 53.2 Å². The molecule has 0 saturated heterocycles. The lowest BCUT2D eigenvalue weighted by Gasteiger charge is -2.36. The highest BCUT2D eigenvalue weighted by Crippen LogP contribution is 2.42. The van der Waals surface area contributed by atoms with Crippen LogP contribution in [0, 0.1) is 6.92 Å². The third-order valence-corrected chi connectivity index (χ3v) is 7.33. The maximum absolute atomic E-state index is 12.8. The molecule has 0 fully saturated rings. The quantitative estimate of drug-likeness (QED) is 0.500. The topological polar surface area (TPSA) is 32.3 Å². The monoisotopic (exact) mass is 468 g/mol. The molecule has 29 heavy (non-hydrogen) atoms. The van der Waals surface area contributed by atoms with Gasteiger partial charge in [-0.3, -0.25) is 9.69 Å². The summed E-state index contributed by atoms with van der Waals surface area (Å²) < 4.78 is 1.00. The Morgan fingerprint density at radius 3 is 2.59 bits per heavy atom. The SMILES string of the molecule is CCc1c(C)sc2c1CCN(CC(=O)Nc1ccc(Br)cc1)[C@@H]2c1ccccc1. The molecule has 1 aromatic heterocycles. The third kappa shape index (κ3) is 4.32. The molecule has 0 saturated carbocycles. The van der Waals surface area contributed by atoms with Crippen LogP contribution >= 0.6 is 27.3 Å². The second kappa shape index (κ2) is 8.82. The van der Waals surface area contributed by atoms with Crippen LogP contribution < -0.4 is 5.32 Å². The molecule has 1 aliphatic rings. The smallest absolute Gasteiger partial charge is 0.238 e. The molecule has 0 unspecified atom stereocenters. The Labute approximate surface area is 184 Å². The van der Waals surface area contributed by atoms with Crippen LogP contribution in [-0.4, -0.2) is 23.9 Å². The Kier molecular flexibility index (Phi) is 6.18. The van der Waals surface area contributed by atoms with Gasteiger partial charge in [-0.15, -0.1) is 11.3 Å². The fraction of sp³-hybridized carbons (Fsp3) is 0.292. The first-order valence-electron chi connectivity index (χ1n) is 10.0. The average molecular weight is 469 g/mol. The highest BCUT2D eigenvalue weighted by Gasteiger charge is 2.33. The van der Waals surface area contributed by atoms with Crippen molar-refractivity contribution in [2.24, 2.45) is 0 Å². The third-order valence-electron chi connectivity index (χ3n) is 5.56. The van der Waals surface area contributed by atoms with Crippen molar-refractivity contribution in [1.29, 1.82) is 0 Å². The lowest BCUT2D eigenvalue weighted by Crippen LogP contribution is -2.40. The molecule has 2 aromatic carbocycles. The molecule has 0 radical (unpaired) electrons. The minimum absolute atomic E-state index is 0.0284. The van der Waals surface area contributed by atoms with Crippen molar-refractivity contribution in [1.82, 2.24) is 4.90 Å². The molecule has 0 aliphatic carbocycles. The minimum atomic E-state index is 0.0284. The van der Waals surface area contributed by atoms with Crippen molar-refractivity contribution in [2.75, 3.05) is 18.4 Å². The molecule has 150 valence electrons. The van der Waals surface area contributed by atoms with Crippen LogP contribution in [0.25, 0.3) is 0 Å². The van der Waals surface area contributed by atoms with Gasteiger partial charge in [0.25, 0.3) is 0 Å². The van der Waals surface area contributed by atoms with Gasteiger partial charge in [-0.2, -0.15) is 0 Å². The Morgan fingerprint density at radius 2 is 1.90 bits per heavy atom. The fourth-order valence-electron chi connectivity index (χ4n) is 4.24. The molecule has 1 N–H and O–H groups in total. The highest BCUT2D eigenvalue weighted by atomic mass is 79.9. The van der Waals surface area contributed by atoms with Gasteiger partial charge in [-0.25, -0.2) is 0 Å². The molecule has 0 spiro atoms. The molecule has 5 heteroatoms. The lowest BCUT2D eigenvalue weighted by atomic mass is 9.91. The zero-order valence-electron chi connectivity index (χ0n) is 16.7. The van der Waals surface area contributed by atoms with Gasteiger partial charge in [-0.05, 0) is 60.7 Å². The largest absolute Gasteiger partial charge is 0.325 e. The van der Waals surface area contributed by atoms with Gasteiger partial charge in [0.15, 0.2) is 0 Å². The van der Waals surface area contributed by atoms with Gasteiger partial charge in [0.1, 0.15) is 0 Å². The molecule has 2 heterocycles. The van der Waals surface area contributed by atoms with E-state index in [0.717, 1.165) is 29.5 Å². The fourth-order valence-corrected chi connectivity index (χ4v) is 5.97. The van der Waals surface area contributed by atoms with E-state index in [4.69, 9.17) is 0 Å². The van der Waals surface area contributed by atoms with Gasteiger partial charge in [0, 0.05) is 26.5 Å². The maximum atomic E-state index is 12.8. The van der Waals surface area contributed by atoms with Crippen molar-refractivity contribution in [3.8, 4) is 0 Å². The predicted molar refractivity (Wildman–Crippen MR) is 125 cm³/mol. The molecule has 1 atom stereocenters. The zero-order valence-corrected chi connectivity index (χ0v) is 19.1. The van der Waals surface area contributed by atoms with Gasteiger partial charge < -0.3 is 5.32 Å². The maximum Gasteiger partial charge on any atom is 0.238 e. The summed E-state index contributed by atoms with van der Waals surface area (Å²) in [6.45, 7) is 5.75. The molecule has 1 aliphatic heterocycles. The Hall–Kier alpha value is -1.95. The van der Waals surface area contributed by atoms with E-state index in [1.165, 1.54) is 26.4 Å². The molecule has 4 rings (SSSR count). The summed E-state index contributed by atoms with van der Waals surface area (Å²) in [6, 6.07) is 18.4. The molecule has 3 aromatic rings. The Balaban J connectivity index is 1.61. The number of anilines is 1. The number of aryl methyl sites for hydroxylation is 1. The highest BCUT2D eigenvalue weighted by molar-refractivity contribution is 9.10. The summed E-state index contributed by atoms with van der Waals surface area (Å²) in [5.41, 5.74) is 5.10. The summed E-state index contributed by atoms with van der Waals surface area (Å²) in [7, 11) is 0. The summed E-state index contributed by atoms with van der Waals surface area (Å²) in [5.74, 6) is 0.0284. The van der Waals surface area contributed by atoms with Crippen LogP contribution in [-0.2, 0) is 17.6 Å². The van der Waals surface area contributed by atoms with Crippen LogP contribution in [0.1, 0.15) is 39.4 Å². The molecule has 1 amide bonds. The number of nitrogens with zero attached hydrogens (tertiary/aromatic N) is 1. The Bertz CT molecular complexity index is 998. The number of rotatable bonds is 5. The van der Waals surface area contributed by atoms with E-state index in [9.17, 15) is 4.79 Å². The lowest BCUT2D eigenvalue weighted by molar-refractivity contribution is -0.117. The van der Waals surface area contributed by atoms with Crippen LogP contribution in [0.2, 0.25) is 0 Å². The van der Waals surface area contributed by atoms with E-state index in [-0.39, 0.29) is 11.9 Å². The van der Waals surface area contributed by atoms with E-state index in [2.05, 4.69) is 70.3 Å². The number of carbonyl (C=O) groups is 1. The summed E-state index contributed by atoms with van der Waals surface area (Å²) in [5, 5.41) is 3.04. The summed E-state index contributed by atoms with van der Waals surface area (Å²) >= 11 is 5.34. The molecular weight excluding hydrogens is 444 g/mol. The van der Waals surface area contributed by atoms with Crippen LogP contribution in [0.4, 0.5) is 5.69 Å². The normalized spacial score (nSPS) is 16.4. The van der Waals surface area contributed by atoms with Crippen molar-refractivity contribution in [3.05, 3.63) is 85.5 Å². The molecule has 3 nitrogen and oxygen atoms in total. The number of carbonyl (C=O) groups excluding carboxylic acids is 1. The van der Waals surface area contributed by atoms with Crippen molar-refractivity contribution < 1.29 is 4.79 Å². The van der Waals surface area contributed by atoms with Crippen LogP contribution in [0.15, 0.2) is 59.1 Å². The second-order valence-electron chi connectivity index (χ2n) is 7.42. The summed E-state index contributed by atoms with van der Waals surface area (Å²) in [4.78, 5) is 18.0. The second-order valence-corrected chi connectivity index (χ2v) is 9.59. The number of thiophene rings is 1. The number of halogens is 1. The predicted octanol–water partition coefficient (Wildman–Crippen LogP) is 5.97.